The fraction of sp³-hybridized carbons (Fsp3) is 0.409. The quantitative estimate of drug-likeness (QED) is 0.598. The highest BCUT2D eigenvalue weighted by Gasteiger charge is 2.28. The van der Waals surface area contributed by atoms with Gasteiger partial charge >= 0.3 is 5.97 Å². The van der Waals surface area contributed by atoms with Gasteiger partial charge in [-0.05, 0) is 32.9 Å². The Labute approximate surface area is 170 Å². The van der Waals surface area contributed by atoms with Gasteiger partial charge in [-0.1, -0.05) is 18.2 Å². The maximum absolute atomic E-state index is 13.0. The van der Waals surface area contributed by atoms with Gasteiger partial charge < -0.3 is 14.6 Å². The van der Waals surface area contributed by atoms with Crippen LogP contribution < -0.4 is 0 Å². The standard InChI is InChI=1S/C22H27N3O4/c1-4-29-22(28)20-16(3)23-15(2)19(20)18(26)14-24-10-12-25(13-11-24)21(27)17-8-6-5-7-9-17/h5-9,23H,4,10-14H2,1-3H3. The van der Waals surface area contributed by atoms with Crippen molar-refractivity contribution in [3.05, 3.63) is 58.4 Å². The summed E-state index contributed by atoms with van der Waals surface area (Å²) in [5, 5.41) is 0. The predicted molar refractivity (Wildman–Crippen MR) is 109 cm³/mol. The van der Waals surface area contributed by atoms with Gasteiger partial charge in [0.15, 0.2) is 5.78 Å². The molecule has 0 bridgehead atoms. The minimum atomic E-state index is -0.476. The first kappa shape index (κ1) is 20.8. The monoisotopic (exact) mass is 397 g/mol. The number of piperazine rings is 1. The molecule has 0 spiro atoms. The second-order valence-corrected chi connectivity index (χ2v) is 7.20. The number of aromatic nitrogens is 1. The molecule has 0 radical (unpaired) electrons. The van der Waals surface area contributed by atoms with Crippen LogP contribution >= 0.6 is 0 Å². The van der Waals surface area contributed by atoms with Crippen molar-refractivity contribution in [2.75, 3.05) is 39.3 Å². The van der Waals surface area contributed by atoms with Crippen molar-refractivity contribution < 1.29 is 19.1 Å². The summed E-state index contributed by atoms with van der Waals surface area (Å²) in [4.78, 5) is 44.7. The lowest BCUT2D eigenvalue weighted by Crippen LogP contribution is -2.50. The van der Waals surface area contributed by atoms with E-state index in [1.807, 2.05) is 40.1 Å². The number of nitrogens with one attached hydrogen (secondary N) is 1. The molecule has 1 aliphatic heterocycles. The highest BCUT2D eigenvalue weighted by molar-refractivity contribution is 6.09. The second-order valence-electron chi connectivity index (χ2n) is 7.20. The molecule has 1 aromatic carbocycles. The summed E-state index contributed by atoms with van der Waals surface area (Å²) in [6.07, 6.45) is 0. The number of Topliss-reactive ketones (excluding diaryl/α,β-unsaturated/α-hetero) is 1. The summed E-state index contributed by atoms with van der Waals surface area (Å²) in [5.74, 6) is -0.577. The number of carbonyl (C=O) groups is 3. The van der Waals surface area contributed by atoms with E-state index in [9.17, 15) is 14.4 Å². The number of ketones is 1. The molecule has 3 rings (SSSR count). The molecule has 0 aliphatic carbocycles. The minimum Gasteiger partial charge on any atom is -0.462 e. The number of H-pyrrole nitrogens is 1. The van der Waals surface area contributed by atoms with Crippen molar-refractivity contribution in [2.24, 2.45) is 0 Å². The summed E-state index contributed by atoms with van der Waals surface area (Å²) >= 11 is 0. The van der Waals surface area contributed by atoms with E-state index in [0.717, 1.165) is 0 Å². The van der Waals surface area contributed by atoms with Gasteiger partial charge in [0.05, 0.1) is 24.3 Å². The molecule has 1 N–H and O–H groups in total. The molecule has 7 nitrogen and oxygen atoms in total. The van der Waals surface area contributed by atoms with Crippen molar-refractivity contribution in [1.29, 1.82) is 0 Å². The van der Waals surface area contributed by atoms with Gasteiger partial charge in [0.25, 0.3) is 5.91 Å². The number of carbonyl (C=O) groups excluding carboxylic acids is 3. The molecule has 1 fully saturated rings. The van der Waals surface area contributed by atoms with E-state index >= 15 is 0 Å². The zero-order valence-corrected chi connectivity index (χ0v) is 17.2. The Morgan fingerprint density at radius 1 is 0.966 bits per heavy atom. The Hall–Kier alpha value is -2.93. The summed E-state index contributed by atoms with van der Waals surface area (Å²) in [7, 11) is 0. The smallest absolute Gasteiger partial charge is 0.340 e. The Bertz CT molecular complexity index is 896. The number of aryl methyl sites for hydroxylation is 2. The fourth-order valence-corrected chi connectivity index (χ4v) is 3.74. The molecule has 1 aliphatic rings. The molecule has 1 aromatic heterocycles. The number of hydrogen-bond acceptors (Lipinski definition) is 5. The third-order valence-corrected chi connectivity index (χ3v) is 5.18. The van der Waals surface area contributed by atoms with Gasteiger partial charge in [0.1, 0.15) is 0 Å². The normalized spacial score (nSPS) is 14.7. The molecule has 29 heavy (non-hydrogen) atoms. The van der Waals surface area contributed by atoms with Crippen LogP contribution in [0.1, 0.15) is 49.4 Å². The largest absolute Gasteiger partial charge is 0.462 e. The lowest BCUT2D eigenvalue weighted by Gasteiger charge is -2.34. The number of ether oxygens (including phenoxy) is 1. The molecule has 2 aromatic rings. The van der Waals surface area contributed by atoms with E-state index in [0.29, 0.717) is 54.3 Å². The number of hydrogen-bond donors (Lipinski definition) is 1. The molecule has 0 unspecified atom stereocenters. The highest BCUT2D eigenvalue weighted by Crippen LogP contribution is 2.21. The third-order valence-electron chi connectivity index (χ3n) is 5.18. The number of nitrogens with zero attached hydrogens (tertiary/aromatic N) is 2. The summed E-state index contributed by atoms with van der Waals surface area (Å²) in [6.45, 7) is 8.12. The van der Waals surface area contributed by atoms with Crippen molar-refractivity contribution in [3.8, 4) is 0 Å². The average molecular weight is 397 g/mol. The van der Waals surface area contributed by atoms with E-state index < -0.39 is 5.97 Å². The van der Waals surface area contributed by atoms with Gasteiger partial charge in [-0.15, -0.1) is 0 Å². The molecular weight excluding hydrogens is 370 g/mol. The number of aromatic amines is 1. The number of benzene rings is 1. The topological polar surface area (TPSA) is 82.7 Å². The Morgan fingerprint density at radius 2 is 1.59 bits per heavy atom. The molecule has 7 heteroatoms. The van der Waals surface area contributed by atoms with Crippen LogP contribution in [0.15, 0.2) is 30.3 Å². The predicted octanol–water partition coefficient (Wildman–Crippen LogP) is 2.45. The first-order valence-electron chi connectivity index (χ1n) is 9.88. The third kappa shape index (κ3) is 4.56. The first-order valence-corrected chi connectivity index (χ1v) is 9.88. The maximum atomic E-state index is 13.0. The van der Waals surface area contributed by atoms with Crippen LogP contribution in [0.2, 0.25) is 0 Å². The molecule has 1 amide bonds. The molecule has 2 heterocycles. The zero-order chi connectivity index (χ0) is 21.0. The van der Waals surface area contributed by atoms with Gasteiger partial charge in [0, 0.05) is 43.1 Å². The van der Waals surface area contributed by atoms with Gasteiger partial charge in [0.2, 0.25) is 0 Å². The number of esters is 1. The van der Waals surface area contributed by atoms with Crippen molar-refractivity contribution in [1.82, 2.24) is 14.8 Å². The van der Waals surface area contributed by atoms with Crippen molar-refractivity contribution in [3.63, 3.8) is 0 Å². The Kier molecular flexibility index (Phi) is 6.49. The fourth-order valence-electron chi connectivity index (χ4n) is 3.74. The van der Waals surface area contributed by atoms with Gasteiger partial charge in [-0.3, -0.25) is 14.5 Å². The Morgan fingerprint density at radius 3 is 2.21 bits per heavy atom. The van der Waals surface area contributed by atoms with Crippen molar-refractivity contribution >= 4 is 17.7 Å². The SMILES string of the molecule is CCOC(=O)c1c(C)[nH]c(C)c1C(=O)CN1CCN(C(=O)c2ccccc2)CC1. The van der Waals surface area contributed by atoms with Crippen LogP contribution in [0.4, 0.5) is 0 Å². The molecular formula is C22H27N3O4. The van der Waals surface area contributed by atoms with Crippen LogP contribution in [0.3, 0.4) is 0 Å². The summed E-state index contributed by atoms with van der Waals surface area (Å²) in [6, 6.07) is 9.21. The van der Waals surface area contributed by atoms with E-state index in [1.165, 1.54) is 0 Å². The number of amides is 1. The van der Waals surface area contributed by atoms with Crippen LogP contribution in [0.5, 0.6) is 0 Å². The zero-order valence-electron chi connectivity index (χ0n) is 17.2. The van der Waals surface area contributed by atoms with Crippen LogP contribution in [-0.2, 0) is 4.74 Å². The van der Waals surface area contributed by atoms with E-state index in [1.54, 1.807) is 20.8 Å². The van der Waals surface area contributed by atoms with Gasteiger partial charge in [-0.25, -0.2) is 4.79 Å². The van der Waals surface area contributed by atoms with Crippen LogP contribution in [0.25, 0.3) is 0 Å². The molecule has 1 saturated heterocycles. The lowest BCUT2D eigenvalue weighted by molar-refractivity contribution is 0.0518. The van der Waals surface area contributed by atoms with E-state index in [4.69, 9.17) is 4.74 Å². The van der Waals surface area contributed by atoms with Crippen molar-refractivity contribution in [2.45, 2.75) is 20.8 Å². The average Bonchev–Trinajstić information content (AvgIpc) is 3.02. The van der Waals surface area contributed by atoms with E-state index in [-0.39, 0.29) is 24.8 Å². The molecule has 0 atom stereocenters. The summed E-state index contributed by atoms with van der Waals surface area (Å²) in [5.41, 5.74) is 2.72. The van der Waals surface area contributed by atoms with E-state index in [2.05, 4.69) is 4.98 Å². The number of rotatable bonds is 6. The maximum Gasteiger partial charge on any atom is 0.340 e. The van der Waals surface area contributed by atoms with Gasteiger partial charge in [-0.2, -0.15) is 0 Å². The highest BCUT2D eigenvalue weighted by atomic mass is 16.5. The molecule has 154 valence electrons. The minimum absolute atomic E-state index is 0.0123. The van der Waals surface area contributed by atoms with Crippen LogP contribution in [0, 0.1) is 13.8 Å². The molecule has 0 saturated carbocycles. The lowest BCUT2D eigenvalue weighted by atomic mass is 10.0. The van der Waals surface area contributed by atoms with Crippen LogP contribution in [-0.4, -0.2) is 71.8 Å². The first-order chi connectivity index (χ1) is 13.9. The summed E-state index contributed by atoms with van der Waals surface area (Å²) < 4.78 is 5.12. The second kappa shape index (κ2) is 9.05. The Balaban J connectivity index is 1.63.